The number of anilines is 3. The Bertz CT molecular complexity index is 1200. The van der Waals surface area contributed by atoms with Gasteiger partial charge in [-0.1, -0.05) is 0 Å². The molecule has 5 aliphatic rings. The quantitative estimate of drug-likeness (QED) is 0.389. The van der Waals surface area contributed by atoms with E-state index in [2.05, 4.69) is 30.8 Å². The third-order valence-corrected chi connectivity index (χ3v) is 7.99. The zero-order valence-corrected chi connectivity index (χ0v) is 20.6. The Morgan fingerprint density at radius 3 is 2.79 bits per heavy atom. The van der Waals surface area contributed by atoms with Crippen molar-refractivity contribution in [3.8, 4) is 5.88 Å². The summed E-state index contributed by atoms with van der Waals surface area (Å²) in [6.45, 7) is 2.89. The van der Waals surface area contributed by atoms with Crippen LogP contribution in [0.15, 0.2) is 12.1 Å². The molecule has 0 spiro atoms. The third kappa shape index (κ3) is 4.86. The van der Waals surface area contributed by atoms with Crippen molar-refractivity contribution in [2.45, 2.75) is 69.1 Å². The van der Waals surface area contributed by atoms with Crippen LogP contribution >= 0.6 is 0 Å². The number of aliphatic hydroxyl groups is 1. The van der Waals surface area contributed by atoms with Gasteiger partial charge in [0.05, 0.1) is 13.2 Å². The Morgan fingerprint density at radius 2 is 2.08 bits per heavy atom. The first-order valence-corrected chi connectivity index (χ1v) is 12.7. The van der Waals surface area contributed by atoms with Crippen molar-refractivity contribution in [3.05, 3.63) is 17.8 Å². The zero-order valence-electron chi connectivity index (χ0n) is 20.6. The molecule has 206 valence electrons. The molecule has 0 amide bonds. The number of aromatic nitrogens is 4. The van der Waals surface area contributed by atoms with E-state index in [9.17, 15) is 23.1 Å². The van der Waals surface area contributed by atoms with Crippen LogP contribution in [0.25, 0.3) is 0 Å². The minimum atomic E-state index is -5.14. The molecule has 2 aromatic heterocycles. The molecule has 4 aliphatic carbocycles. The molecule has 4 N–H and O–H groups in total. The van der Waals surface area contributed by atoms with Gasteiger partial charge in [-0.05, 0) is 44.4 Å². The van der Waals surface area contributed by atoms with E-state index in [4.69, 9.17) is 14.2 Å². The van der Waals surface area contributed by atoms with Gasteiger partial charge in [-0.25, -0.2) is 4.79 Å². The van der Waals surface area contributed by atoms with Crippen LogP contribution < -0.4 is 15.4 Å². The summed E-state index contributed by atoms with van der Waals surface area (Å²) in [6, 6.07) is 3.04. The molecule has 5 fully saturated rings. The summed E-state index contributed by atoms with van der Waals surface area (Å²) in [5.74, 6) is -1.24. The van der Waals surface area contributed by atoms with Gasteiger partial charge in [0.15, 0.2) is 5.82 Å². The second-order valence-corrected chi connectivity index (χ2v) is 10.8. The standard InChI is InChI=1S/C24H29F3N6O5/c1-11-4-17(33-32-11)28-16-7-18(37-14-2-3-36-10-14)30-22(29-16)31-19-13-5-12-6-15(19)20(23(35,8-12)9-13)38-21(34)24(25,26)27/h4,7,12-15,19-20,35H,2-3,5-6,8-10H2,1H3,(H3,28,29,30,31,32,33). The molecule has 7 unspecified atom stereocenters. The maximum Gasteiger partial charge on any atom is 0.490 e. The molecule has 7 rings (SSSR count). The van der Waals surface area contributed by atoms with Crippen LogP contribution in [-0.2, 0) is 14.3 Å². The number of carbonyl (C=O) groups excluding carboxylic acids is 1. The summed E-state index contributed by atoms with van der Waals surface area (Å²) in [5.41, 5.74) is -0.625. The molecule has 2 aromatic rings. The zero-order chi connectivity index (χ0) is 26.7. The van der Waals surface area contributed by atoms with Gasteiger partial charge in [-0.3, -0.25) is 5.10 Å². The van der Waals surface area contributed by atoms with Gasteiger partial charge >= 0.3 is 12.1 Å². The minimum Gasteiger partial charge on any atom is -0.472 e. The number of carbonyl (C=O) groups is 1. The average Bonchev–Trinajstić information content (AvgIpc) is 3.48. The van der Waals surface area contributed by atoms with Crippen LogP contribution in [0.5, 0.6) is 5.88 Å². The lowest BCUT2D eigenvalue weighted by Crippen LogP contribution is -2.68. The number of H-pyrrole nitrogens is 1. The van der Waals surface area contributed by atoms with Crippen LogP contribution in [0, 0.1) is 24.7 Å². The van der Waals surface area contributed by atoms with Crippen LogP contribution in [-0.4, -0.2) is 74.5 Å². The van der Waals surface area contributed by atoms with Crippen molar-refractivity contribution >= 4 is 23.6 Å². The number of aromatic amines is 1. The number of halogens is 3. The van der Waals surface area contributed by atoms with Gasteiger partial charge < -0.3 is 30.0 Å². The minimum absolute atomic E-state index is 0.0415. The van der Waals surface area contributed by atoms with E-state index in [0.717, 1.165) is 12.1 Å². The normalized spacial score (nSPS) is 33.8. The Hall–Kier alpha value is -3.13. The molecule has 1 saturated heterocycles. The lowest BCUT2D eigenvalue weighted by Gasteiger charge is -2.61. The number of nitrogens with zero attached hydrogens (tertiary/aromatic N) is 3. The van der Waals surface area contributed by atoms with Crippen molar-refractivity contribution in [3.63, 3.8) is 0 Å². The van der Waals surface area contributed by atoms with Crippen LogP contribution in [0.4, 0.5) is 30.8 Å². The first-order valence-electron chi connectivity index (χ1n) is 12.7. The van der Waals surface area contributed by atoms with Gasteiger partial charge in [0, 0.05) is 36.2 Å². The fraction of sp³-hybridized carbons (Fsp3) is 0.667. The molecule has 3 heterocycles. The summed E-state index contributed by atoms with van der Waals surface area (Å²) in [5, 5.41) is 24.6. The summed E-state index contributed by atoms with van der Waals surface area (Å²) in [7, 11) is 0. The Morgan fingerprint density at radius 1 is 1.24 bits per heavy atom. The predicted octanol–water partition coefficient (Wildman–Crippen LogP) is 2.85. The van der Waals surface area contributed by atoms with Crippen molar-refractivity contribution in [2.24, 2.45) is 17.8 Å². The van der Waals surface area contributed by atoms with E-state index in [0.29, 0.717) is 50.0 Å². The maximum absolute atomic E-state index is 13.0. The molecule has 4 bridgehead atoms. The van der Waals surface area contributed by atoms with Crippen LogP contribution in [0.1, 0.15) is 37.8 Å². The number of hydrogen-bond donors (Lipinski definition) is 4. The lowest BCUT2D eigenvalue weighted by atomic mass is 9.51. The third-order valence-electron chi connectivity index (χ3n) is 7.99. The summed E-state index contributed by atoms with van der Waals surface area (Å²) < 4.78 is 55.5. The van der Waals surface area contributed by atoms with Crippen molar-refractivity contribution in [2.75, 3.05) is 23.8 Å². The van der Waals surface area contributed by atoms with Crippen LogP contribution in [0.2, 0.25) is 0 Å². The van der Waals surface area contributed by atoms with Crippen molar-refractivity contribution in [1.82, 2.24) is 20.2 Å². The van der Waals surface area contributed by atoms with Gasteiger partial charge in [0.25, 0.3) is 0 Å². The van der Waals surface area contributed by atoms with Gasteiger partial charge in [0.2, 0.25) is 11.8 Å². The molecule has 38 heavy (non-hydrogen) atoms. The molecular formula is C24H29F3N6O5. The number of hydrogen-bond acceptors (Lipinski definition) is 10. The van der Waals surface area contributed by atoms with Gasteiger partial charge in [-0.15, -0.1) is 0 Å². The van der Waals surface area contributed by atoms with Crippen molar-refractivity contribution < 1.29 is 37.3 Å². The fourth-order valence-corrected chi connectivity index (χ4v) is 6.67. The van der Waals surface area contributed by atoms with E-state index in [-0.39, 0.29) is 30.3 Å². The predicted molar refractivity (Wildman–Crippen MR) is 126 cm³/mol. The molecule has 0 radical (unpaired) electrons. The summed E-state index contributed by atoms with van der Waals surface area (Å²) in [4.78, 5) is 20.8. The van der Waals surface area contributed by atoms with Gasteiger partial charge in [-0.2, -0.15) is 28.2 Å². The fourth-order valence-electron chi connectivity index (χ4n) is 6.67. The Labute approximate surface area is 215 Å². The lowest BCUT2D eigenvalue weighted by molar-refractivity contribution is -0.249. The summed E-state index contributed by atoms with van der Waals surface area (Å²) >= 11 is 0. The molecule has 1 aliphatic heterocycles. The summed E-state index contributed by atoms with van der Waals surface area (Å²) in [6.07, 6.45) is -3.99. The second-order valence-electron chi connectivity index (χ2n) is 10.8. The number of aryl methyl sites for hydroxylation is 1. The highest BCUT2D eigenvalue weighted by Crippen LogP contribution is 2.57. The first kappa shape index (κ1) is 25.2. The number of alkyl halides is 3. The highest BCUT2D eigenvalue weighted by atomic mass is 19.4. The smallest absolute Gasteiger partial charge is 0.472 e. The molecule has 4 saturated carbocycles. The average molecular weight is 539 g/mol. The number of esters is 1. The maximum atomic E-state index is 13.0. The van der Waals surface area contributed by atoms with E-state index >= 15 is 0 Å². The first-order chi connectivity index (χ1) is 18.1. The molecular weight excluding hydrogens is 509 g/mol. The molecule has 14 heteroatoms. The number of rotatable bonds is 7. The molecule has 7 atom stereocenters. The monoisotopic (exact) mass is 538 g/mol. The second kappa shape index (κ2) is 9.26. The van der Waals surface area contributed by atoms with Crippen molar-refractivity contribution in [1.29, 1.82) is 0 Å². The topological polar surface area (TPSA) is 144 Å². The highest BCUT2D eigenvalue weighted by molar-refractivity contribution is 5.76. The largest absolute Gasteiger partial charge is 0.490 e. The highest BCUT2D eigenvalue weighted by Gasteiger charge is 2.63. The SMILES string of the molecule is Cc1cc(Nc2cc(OC3CCOC3)nc(NC3C4CC5CC3C(OC(=O)C(F)(F)F)C(O)(C5)C4)n2)n[nH]1. The Kier molecular flexibility index (Phi) is 6.13. The van der Waals surface area contributed by atoms with Crippen LogP contribution in [0.3, 0.4) is 0 Å². The van der Waals surface area contributed by atoms with E-state index < -0.39 is 35.8 Å². The van der Waals surface area contributed by atoms with E-state index in [1.807, 2.05) is 6.92 Å². The van der Waals surface area contributed by atoms with E-state index in [1.165, 1.54) is 0 Å². The Balaban J connectivity index is 1.27. The van der Waals surface area contributed by atoms with E-state index in [1.54, 1.807) is 12.1 Å². The number of nitrogens with one attached hydrogen (secondary N) is 3. The van der Waals surface area contributed by atoms with Gasteiger partial charge in [0.1, 0.15) is 23.6 Å². The number of ether oxygens (including phenoxy) is 3. The molecule has 0 aromatic carbocycles. The molecule has 11 nitrogen and oxygen atoms in total.